The van der Waals surface area contributed by atoms with Gasteiger partial charge < -0.3 is 9.47 Å². The molecule has 30 heavy (non-hydrogen) atoms. The fraction of sp³-hybridized carbons (Fsp3) is 0.385. The van der Waals surface area contributed by atoms with E-state index in [1.54, 1.807) is 41.5 Å². The van der Waals surface area contributed by atoms with Crippen LogP contribution < -0.4 is 0 Å². The molecular formula is C26H32O4. The molecule has 2 aromatic rings. The molecule has 0 saturated carbocycles. The minimum absolute atomic E-state index is 0.250. The first kappa shape index (κ1) is 23.4. The van der Waals surface area contributed by atoms with Gasteiger partial charge in [0.1, 0.15) is 0 Å². The van der Waals surface area contributed by atoms with Gasteiger partial charge in [-0.05, 0) is 66.5 Å². The summed E-state index contributed by atoms with van der Waals surface area (Å²) in [5.74, 6) is -0.308. The second kappa shape index (κ2) is 8.86. The fourth-order valence-corrected chi connectivity index (χ4v) is 2.59. The average Bonchev–Trinajstić information content (AvgIpc) is 2.64. The van der Waals surface area contributed by atoms with E-state index < -0.39 is 22.8 Å². The maximum Gasteiger partial charge on any atom is 0.316 e. The molecule has 0 amide bonds. The summed E-state index contributed by atoms with van der Waals surface area (Å²) in [5, 5.41) is 0. The van der Waals surface area contributed by atoms with Crippen LogP contribution >= 0.6 is 0 Å². The number of benzene rings is 2. The molecule has 0 heterocycles. The molecule has 0 aliphatic rings. The molecule has 0 unspecified atom stereocenters. The molecule has 4 heteroatoms. The normalized spacial score (nSPS) is 12.8. The molecule has 0 saturated heterocycles. The second-order valence-corrected chi connectivity index (χ2v) is 9.57. The zero-order chi connectivity index (χ0) is 22.7. The molecule has 0 bridgehead atoms. The molecular weight excluding hydrogens is 376 g/mol. The summed E-state index contributed by atoms with van der Waals surface area (Å²) >= 11 is 0. The van der Waals surface area contributed by atoms with Crippen LogP contribution in [0.2, 0.25) is 0 Å². The van der Waals surface area contributed by atoms with Gasteiger partial charge in [0.15, 0.2) is 11.5 Å². The van der Waals surface area contributed by atoms with Crippen LogP contribution in [0, 0.1) is 24.7 Å². The van der Waals surface area contributed by atoms with Crippen molar-refractivity contribution in [2.45, 2.75) is 55.4 Å². The minimum atomic E-state index is -0.723. The van der Waals surface area contributed by atoms with Gasteiger partial charge >= 0.3 is 11.9 Å². The van der Waals surface area contributed by atoms with E-state index >= 15 is 0 Å². The molecule has 0 aromatic heterocycles. The number of carbonyl (C=O) groups excluding carboxylic acids is 2. The van der Waals surface area contributed by atoms with Crippen LogP contribution in [0.3, 0.4) is 0 Å². The van der Waals surface area contributed by atoms with Crippen LogP contribution in [0.15, 0.2) is 48.5 Å². The molecule has 0 aliphatic carbocycles. The van der Waals surface area contributed by atoms with Crippen LogP contribution in [-0.2, 0) is 19.1 Å². The van der Waals surface area contributed by atoms with E-state index in [-0.39, 0.29) is 11.5 Å². The highest BCUT2D eigenvalue weighted by atomic mass is 16.6. The zero-order valence-corrected chi connectivity index (χ0v) is 19.3. The maximum atomic E-state index is 12.9. The van der Waals surface area contributed by atoms with E-state index in [9.17, 15) is 9.59 Å². The SMILES string of the molecule is Cc1ccccc1C(OC(=O)C(C)(C)C)=C(OC(=O)C(C)(C)C)c1ccccc1C. The number of hydrogen-bond donors (Lipinski definition) is 0. The lowest BCUT2D eigenvalue weighted by Crippen LogP contribution is -2.25. The van der Waals surface area contributed by atoms with Gasteiger partial charge in [-0.25, -0.2) is 0 Å². The van der Waals surface area contributed by atoms with Crippen LogP contribution in [0.25, 0.3) is 11.5 Å². The number of aryl methyl sites for hydroxylation is 2. The van der Waals surface area contributed by atoms with Crippen LogP contribution in [0.1, 0.15) is 63.8 Å². The van der Waals surface area contributed by atoms with Gasteiger partial charge in [-0.2, -0.15) is 0 Å². The summed E-state index contributed by atoms with van der Waals surface area (Å²) in [7, 11) is 0. The molecule has 0 aliphatic heterocycles. The summed E-state index contributed by atoms with van der Waals surface area (Å²) in [6.45, 7) is 14.6. The van der Waals surface area contributed by atoms with Gasteiger partial charge in [-0.15, -0.1) is 0 Å². The lowest BCUT2D eigenvalue weighted by atomic mass is 9.96. The van der Waals surface area contributed by atoms with E-state index in [1.165, 1.54) is 0 Å². The largest absolute Gasteiger partial charge is 0.421 e. The molecule has 0 spiro atoms. The van der Waals surface area contributed by atoms with Crippen molar-refractivity contribution < 1.29 is 19.1 Å². The Balaban J connectivity index is 2.83. The van der Waals surface area contributed by atoms with Gasteiger partial charge in [-0.1, -0.05) is 48.5 Å². The van der Waals surface area contributed by atoms with E-state index in [1.807, 2.05) is 62.4 Å². The third-order valence-corrected chi connectivity index (χ3v) is 4.60. The van der Waals surface area contributed by atoms with Crippen molar-refractivity contribution >= 4 is 23.5 Å². The summed E-state index contributed by atoms with van der Waals surface area (Å²) in [5.41, 5.74) is 1.78. The van der Waals surface area contributed by atoms with Gasteiger partial charge in [0.2, 0.25) is 0 Å². The number of ether oxygens (including phenoxy) is 2. The van der Waals surface area contributed by atoms with Crippen LogP contribution in [-0.4, -0.2) is 11.9 Å². The Kier molecular flexibility index (Phi) is 6.91. The van der Waals surface area contributed by atoms with Crippen molar-refractivity contribution in [3.8, 4) is 0 Å². The predicted octanol–water partition coefficient (Wildman–Crippen LogP) is 6.31. The Morgan fingerprint density at radius 2 is 0.900 bits per heavy atom. The molecule has 0 atom stereocenters. The third kappa shape index (κ3) is 5.59. The number of carbonyl (C=O) groups is 2. The smallest absolute Gasteiger partial charge is 0.316 e. The Hall–Kier alpha value is -2.88. The summed E-state index contributed by atoms with van der Waals surface area (Å²) in [4.78, 5) is 25.7. The Morgan fingerprint density at radius 3 is 1.17 bits per heavy atom. The van der Waals surface area contributed by atoms with Crippen LogP contribution in [0.4, 0.5) is 0 Å². The Labute approximate surface area is 179 Å². The van der Waals surface area contributed by atoms with Crippen molar-refractivity contribution in [2.75, 3.05) is 0 Å². The third-order valence-electron chi connectivity index (χ3n) is 4.60. The average molecular weight is 409 g/mol. The standard InChI is InChI=1S/C26H32O4/c1-17-13-9-11-15-19(17)21(29-23(27)25(3,4)5)22(30-24(28)26(6,7)8)20-16-12-10-14-18(20)2/h9-16H,1-8H3. The Bertz CT molecular complexity index is 890. The highest BCUT2D eigenvalue weighted by Gasteiger charge is 2.31. The molecule has 4 nitrogen and oxygen atoms in total. The molecule has 0 radical (unpaired) electrons. The summed E-state index contributed by atoms with van der Waals surface area (Å²) in [6.07, 6.45) is 0. The second-order valence-electron chi connectivity index (χ2n) is 9.57. The highest BCUT2D eigenvalue weighted by Crippen LogP contribution is 2.35. The Morgan fingerprint density at radius 1 is 0.600 bits per heavy atom. The zero-order valence-electron chi connectivity index (χ0n) is 19.3. The fourth-order valence-electron chi connectivity index (χ4n) is 2.59. The van der Waals surface area contributed by atoms with Gasteiger partial charge in [-0.3, -0.25) is 9.59 Å². The molecule has 2 rings (SSSR count). The quantitative estimate of drug-likeness (QED) is 0.338. The monoisotopic (exact) mass is 408 g/mol. The summed E-state index contributed by atoms with van der Waals surface area (Å²) in [6, 6.07) is 15.2. The predicted molar refractivity (Wildman–Crippen MR) is 120 cm³/mol. The first-order chi connectivity index (χ1) is 13.8. The number of esters is 2. The molecule has 160 valence electrons. The lowest BCUT2D eigenvalue weighted by molar-refractivity contribution is -0.147. The van der Waals surface area contributed by atoms with Crippen molar-refractivity contribution in [3.05, 3.63) is 70.8 Å². The van der Waals surface area contributed by atoms with Crippen LogP contribution in [0.5, 0.6) is 0 Å². The van der Waals surface area contributed by atoms with Crippen molar-refractivity contribution in [2.24, 2.45) is 10.8 Å². The van der Waals surface area contributed by atoms with Crippen molar-refractivity contribution in [1.82, 2.24) is 0 Å². The topological polar surface area (TPSA) is 52.6 Å². The van der Waals surface area contributed by atoms with E-state index in [0.717, 1.165) is 11.1 Å². The molecule has 0 N–H and O–H groups in total. The van der Waals surface area contributed by atoms with Crippen molar-refractivity contribution in [1.29, 1.82) is 0 Å². The van der Waals surface area contributed by atoms with E-state index in [4.69, 9.17) is 9.47 Å². The first-order valence-corrected chi connectivity index (χ1v) is 10.1. The van der Waals surface area contributed by atoms with E-state index in [0.29, 0.717) is 11.1 Å². The first-order valence-electron chi connectivity index (χ1n) is 10.1. The molecule has 2 aromatic carbocycles. The number of rotatable bonds is 4. The highest BCUT2D eigenvalue weighted by molar-refractivity contribution is 5.95. The summed E-state index contributed by atoms with van der Waals surface area (Å²) < 4.78 is 11.9. The molecule has 0 fully saturated rings. The van der Waals surface area contributed by atoms with Gasteiger partial charge in [0, 0.05) is 11.1 Å². The minimum Gasteiger partial charge on any atom is -0.421 e. The lowest BCUT2D eigenvalue weighted by Gasteiger charge is -2.24. The van der Waals surface area contributed by atoms with E-state index in [2.05, 4.69) is 0 Å². The number of hydrogen-bond acceptors (Lipinski definition) is 4. The van der Waals surface area contributed by atoms with Gasteiger partial charge in [0.25, 0.3) is 0 Å². The maximum absolute atomic E-state index is 12.9. The van der Waals surface area contributed by atoms with Gasteiger partial charge in [0.05, 0.1) is 10.8 Å². The van der Waals surface area contributed by atoms with Crippen molar-refractivity contribution in [3.63, 3.8) is 0 Å².